The average molecular weight is 391 g/mol. The second kappa shape index (κ2) is 10.6. The fraction of sp³-hybridized carbons (Fsp3) is 0.714. The number of aromatic nitrogens is 1. The van der Waals surface area contributed by atoms with E-state index in [0.29, 0.717) is 11.9 Å². The molecule has 0 spiro atoms. The zero-order valence-electron chi connectivity index (χ0n) is 17.3. The number of guanidine groups is 1. The van der Waals surface area contributed by atoms with Gasteiger partial charge in [-0.3, -0.25) is 9.89 Å². The Morgan fingerprint density at radius 3 is 3.00 bits per heavy atom. The summed E-state index contributed by atoms with van der Waals surface area (Å²) in [6.07, 6.45) is 8.99. The van der Waals surface area contributed by atoms with E-state index in [2.05, 4.69) is 32.4 Å². The Morgan fingerprint density at radius 1 is 1.32 bits per heavy atom. The molecule has 3 rings (SSSR count). The van der Waals surface area contributed by atoms with Crippen molar-refractivity contribution in [2.45, 2.75) is 57.5 Å². The van der Waals surface area contributed by atoms with Gasteiger partial charge in [0.2, 0.25) is 0 Å². The highest BCUT2D eigenvalue weighted by molar-refractivity contribution is 5.80. The normalized spacial score (nSPS) is 23.8. The Labute approximate surface area is 168 Å². The van der Waals surface area contributed by atoms with Gasteiger partial charge in [-0.25, -0.2) is 9.37 Å². The Kier molecular flexibility index (Phi) is 7.89. The fourth-order valence-electron chi connectivity index (χ4n) is 4.23. The summed E-state index contributed by atoms with van der Waals surface area (Å²) in [4.78, 5) is 13.2. The molecule has 0 aliphatic carbocycles. The van der Waals surface area contributed by atoms with Crippen molar-refractivity contribution >= 4 is 11.8 Å². The first-order valence-corrected chi connectivity index (χ1v) is 10.8. The molecule has 2 aliphatic heterocycles. The molecule has 156 valence electrons. The van der Waals surface area contributed by atoms with Gasteiger partial charge in [0.25, 0.3) is 0 Å². The van der Waals surface area contributed by atoms with Crippen LogP contribution in [0.5, 0.6) is 0 Å². The topological polar surface area (TPSA) is 55.8 Å². The Morgan fingerprint density at radius 2 is 2.21 bits per heavy atom. The highest BCUT2D eigenvalue weighted by Gasteiger charge is 2.27. The number of unbranched alkanes of at least 4 members (excludes halogenated alkanes) is 1. The largest absolute Gasteiger partial charge is 0.355 e. The average Bonchev–Trinajstić information content (AvgIpc) is 3.18. The summed E-state index contributed by atoms with van der Waals surface area (Å²) in [5, 5.41) is 7.04. The molecule has 0 saturated carbocycles. The Balaban J connectivity index is 1.47. The highest BCUT2D eigenvalue weighted by Crippen LogP contribution is 2.21. The summed E-state index contributed by atoms with van der Waals surface area (Å²) in [6.45, 7) is 7.13. The van der Waals surface area contributed by atoms with Gasteiger partial charge in [-0.15, -0.1) is 0 Å². The number of nitrogens with zero attached hydrogens (tertiary/aromatic N) is 4. The van der Waals surface area contributed by atoms with Gasteiger partial charge in [0.05, 0.1) is 0 Å². The van der Waals surface area contributed by atoms with Gasteiger partial charge in [0, 0.05) is 45.0 Å². The molecule has 0 bridgehead atoms. The molecule has 6 nitrogen and oxygen atoms in total. The molecule has 1 aromatic heterocycles. The lowest BCUT2D eigenvalue weighted by Crippen LogP contribution is -2.51. The molecule has 0 aromatic carbocycles. The van der Waals surface area contributed by atoms with Crippen LogP contribution >= 0.6 is 0 Å². The number of halogens is 1. The number of hydrogen-bond acceptors (Lipinski definition) is 4. The molecule has 3 heterocycles. The smallest absolute Gasteiger partial charge is 0.191 e. The van der Waals surface area contributed by atoms with Crippen LogP contribution in [0.2, 0.25) is 0 Å². The van der Waals surface area contributed by atoms with Crippen LogP contribution in [0.3, 0.4) is 0 Å². The molecule has 2 unspecified atom stereocenters. The molecule has 1 aromatic rings. The number of rotatable bonds is 7. The Hall–Kier alpha value is -1.89. The molecule has 7 heteroatoms. The number of hydrogen-bond donors (Lipinski definition) is 2. The summed E-state index contributed by atoms with van der Waals surface area (Å²) in [6, 6.07) is 3.93. The van der Waals surface area contributed by atoms with Crippen molar-refractivity contribution < 1.29 is 4.39 Å². The lowest BCUT2D eigenvalue weighted by Gasteiger charge is -2.36. The molecule has 2 N–H and O–H groups in total. The van der Waals surface area contributed by atoms with Crippen LogP contribution in [-0.4, -0.2) is 67.7 Å². The third-order valence-corrected chi connectivity index (χ3v) is 5.84. The van der Waals surface area contributed by atoms with Crippen molar-refractivity contribution in [3.8, 4) is 0 Å². The molecule has 2 atom stereocenters. The SMILES string of the molecule is CCCCN1CCCCC1CNC(=NC)NC1CCN(c2ncccc2F)C1. The minimum atomic E-state index is -0.255. The number of anilines is 1. The maximum atomic E-state index is 14.0. The molecule has 0 radical (unpaired) electrons. The first kappa shape index (κ1) is 20.8. The first-order valence-electron chi connectivity index (χ1n) is 10.8. The van der Waals surface area contributed by atoms with Crippen LogP contribution < -0.4 is 15.5 Å². The van der Waals surface area contributed by atoms with Crippen LogP contribution in [0, 0.1) is 5.82 Å². The molecule has 0 amide bonds. The minimum absolute atomic E-state index is 0.246. The second-order valence-corrected chi connectivity index (χ2v) is 7.88. The predicted molar refractivity (Wildman–Crippen MR) is 113 cm³/mol. The molecular formula is C21H35FN6. The molecular weight excluding hydrogens is 355 g/mol. The highest BCUT2D eigenvalue weighted by atomic mass is 19.1. The quantitative estimate of drug-likeness (QED) is 0.554. The van der Waals surface area contributed by atoms with Crippen LogP contribution in [0.25, 0.3) is 0 Å². The van der Waals surface area contributed by atoms with E-state index in [0.717, 1.165) is 32.0 Å². The summed E-state index contributed by atoms with van der Waals surface area (Å²) in [5.41, 5.74) is 0. The fourth-order valence-corrected chi connectivity index (χ4v) is 4.23. The van der Waals surface area contributed by atoms with E-state index in [1.54, 1.807) is 12.3 Å². The maximum absolute atomic E-state index is 14.0. The molecule has 2 aliphatic rings. The van der Waals surface area contributed by atoms with E-state index < -0.39 is 0 Å². The second-order valence-electron chi connectivity index (χ2n) is 7.88. The van der Waals surface area contributed by atoms with Gasteiger partial charge in [-0.1, -0.05) is 19.8 Å². The van der Waals surface area contributed by atoms with Gasteiger partial charge in [-0.2, -0.15) is 0 Å². The third-order valence-electron chi connectivity index (χ3n) is 5.84. The van der Waals surface area contributed by atoms with E-state index in [1.165, 1.54) is 51.3 Å². The standard InChI is InChI=1S/C21H35FN6/c1-3-4-12-27-13-6-5-8-18(27)15-25-21(23-2)26-17-10-14-28(16-17)20-19(22)9-7-11-24-20/h7,9,11,17-18H,3-6,8,10,12-16H2,1-2H3,(H2,23,25,26). The van der Waals surface area contributed by atoms with Crippen molar-refractivity contribution in [2.24, 2.45) is 4.99 Å². The van der Waals surface area contributed by atoms with Crippen molar-refractivity contribution in [1.82, 2.24) is 20.5 Å². The number of aliphatic imine (C=N–C) groups is 1. The van der Waals surface area contributed by atoms with Gasteiger partial charge < -0.3 is 15.5 Å². The predicted octanol–water partition coefficient (Wildman–Crippen LogP) is 2.62. The number of likely N-dealkylation sites (tertiary alicyclic amines) is 1. The number of piperidine rings is 1. The van der Waals surface area contributed by atoms with Crippen LogP contribution in [-0.2, 0) is 0 Å². The zero-order valence-corrected chi connectivity index (χ0v) is 17.3. The zero-order chi connectivity index (χ0) is 19.8. The molecule has 2 saturated heterocycles. The van der Waals surface area contributed by atoms with Crippen molar-refractivity contribution in [2.75, 3.05) is 44.7 Å². The van der Waals surface area contributed by atoms with E-state index in [-0.39, 0.29) is 11.9 Å². The van der Waals surface area contributed by atoms with Gasteiger partial charge in [-0.05, 0) is 50.9 Å². The van der Waals surface area contributed by atoms with E-state index >= 15 is 0 Å². The summed E-state index contributed by atoms with van der Waals surface area (Å²) in [5.74, 6) is 1.04. The van der Waals surface area contributed by atoms with Gasteiger partial charge in [0.1, 0.15) is 0 Å². The van der Waals surface area contributed by atoms with Crippen LogP contribution in [0.1, 0.15) is 45.4 Å². The summed E-state index contributed by atoms with van der Waals surface area (Å²) in [7, 11) is 1.82. The van der Waals surface area contributed by atoms with Crippen LogP contribution in [0.4, 0.5) is 10.2 Å². The van der Waals surface area contributed by atoms with Crippen molar-refractivity contribution in [1.29, 1.82) is 0 Å². The molecule has 2 fully saturated rings. The minimum Gasteiger partial charge on any atom is -0.355 e. The monoisotopic (exact) mass is 390 g/mol. The van der Waals surface area contributed by atoms with Crippen molar-refractivity contribution in [3.63, 3.8) is 0 Å². The number of pyridine rings is 1. The number of nitrogens with one attached hydrogen (secondary N) is 2. The van der Waals surface area contributed by atoms with E-state index in [9.17, 15) is 4.39 Å². The van der Waals surface area contributed by atoms with Crippen LogP contribution in [0.15, 0.2) is 23.3 Å². The lowest BCUT2D eigenvalue weighted by atomic mass is 10.0. The molecule has 28 heavy (non-hydrogen) atoms. The van der Waals surface area contributed by atoms with Gasteiger partial charge >= 0.3 is 0 Å². The summed E-state index contributed by atoms with van der Waals surface area (Å²) >= 11 is 0. The Bertz CT molecular complexity index is 637. The third kappa shape index (κ3) is 5.56. The maximum Gasteiger partial charge on any atom is 0.191 e. The van der Waals surface area contributed by atoms with Gasteiger partial charge in [0.15, 0.2) is 17.6 Å². The van der Waals surface area contributed by atoms with Crippen molar-refractivity contribution in [3.05, 3.63) is 24.1 Å². The van der Waals surface area contributed by atoms with E-state index in [4.69, 9.17) is 0 Å². The first-order chi connectivity index (χ1) is 13.7. The lowest BCUT2D eigenvalue weighted by molar-refractivity contribution is 0.147. The van der Waals surface area contributed by atoms with E-state index in [1.807, 2.05) is 11.9 Å². The summed E-state index contributed by atoms with van der Waals surface area (Å²) < 4.78 is 14.0.